The lowest BCUT2D eigenvalue weighted by Crippen LogP contribution is -2.23. The summed E-state index contributed by atoms with van der Waals surface area (Å²) in [4.78, 5) is 4.93. The van der Waals surface area contributed by atoms with Gasteiger partial charge in [0.25, 0.3) is 0 Å². The molecule has 0 spiro atoms. The lowest BCUT2D eigenvalue weighted by atomic mass is 9.80. The lowest BCUT2D eigenvalue weighted by Gasteiger charge is -2.33. The molecular weight excluding hydrogens is 469 g/mol. The van der Waals surface area contributed by atoms with Crippen LogP contribution in [0.4, 0.5) is 24.8 Å². The van der Waals surface area contributed by atoms with Crippen molar-refractivity contribution in [2.75, 3.05) is 5.32 Å². The Labute approximate surface area is 207 Å². The van der Waals surface area contributed by atoms with Gasteiger partial charge in [-0.3, -0.25) is 0 Å². The molecule has 5 rings (SSSR count). The Bertz CT molecular complexity index is 1340. The van der Waals surface area contributed by atoms with Crippen LogP contribution in [0.1, 0.15) is 50.6 Å². The van der Waals surface area contributed by atoms with E-state index < -0.39 is 6.36 Å². The first kappa shape index (κ1) is 24.2. The van der Waals surface area contributed by atoms with E-state index in [1.54, 1.807) is 12.1 Å². The number of nitrogens with one attached hydrogen (secondary N) is 1. The van der Waals surface area contributed by atoms with Crippen LogP contribution in [0, 0.1) is 25.7 Å². The molecule has 1 aliphatic rings. The minimum absolute atomic E-state index is 0.258. The average molecular weight is 499 g/mol. The number of halogens is 3. The van der Waals surface area contributed by atoms with E-state index in [0.29, 0.717) is 23.5 Å². The Morgan fingerprint density at radius 1 is 1.00 bits per heavy atom. The quantitative estimate of drug-likeness (QED) is 0.302. The van der Waals surface area contributed by atoms with Gasteiger partial charge in [0.2, 0.25) is 5.95 Å². The number of nitrogens with zero attached hydrogens (tertiary/aromatic N) is 3. The molecule has 0 bridgehead atoms. The van der Waals surface area contributed by atoms with Crippen LogP contribution in [-0.2, 0) is 0 Å². The summed E-state index contributed by atoms with van der Waals surface area (Å²) in [7, 11) is 0. The van der Waals surface area contributed by atoms with Crippen LogP contribution in [0.2, 0.25) is 0 Å². The molecule has 1 N–H and O–H groups in total. The highest BCUT2D eigenvalue weighted by Gasteiger charge is 2.31. The van der Waals surface area contributed by atoms with Crippen molar-refractivity contribution in [2.45, 2.75) is 59.4 Å². The molecule has 0 aliphatic heterocycles. The number of hydrogen-bond donors (Lipinski definition) is 1. The van der Waals surface area contributed by atoms with Crippen LogP contribution >= 0.6 is 0 Å². The van der Waals surface area contributed by atoms with Crippen molar-refractivity contribution < 1.29 is 22.4 Å². The Morgan fingerprint density at radius 2 is 1.69 bits per heavy atom. The maximum atomic E-state index is 12.6. The number of aromatic nitrogens is 3. The zero-order valence-electron chi connectivity index (χ0n) is 20.7. The predicted octanol–water partition coefficient (Wildman–Crippen LogP) is 7.95. The molecule has 2 heterocycles. The lowest BCUT2D eigenvalue weighted by molar-refractivity contribution is -0.274. The summed E-state index contributed by atoms with van der Waals surface area (Å²) in [6, 6.07) is 12.2. The number of benzene rings is 2. The molecule has 2 unspecified atom stereocenters. The van der Waals surface area contributed by atoms with E-state index >= 15 is 0 Å². The first-order valence-corrected chi connectivity index (χ1v) is 12.2. The fourth-order valence-corrected chi connectivity index (χ4v) is 5.59. The van der Waals surface area contributed by atoms with Gasteiger partial charge in [0.1, 0.15) is 11.5 Å². The topological polar surface area (TPSA) is 65.1 Å². The van der Waals surface area contributed by atoms with Crippen molar-refractivity contribution in [3.05, 3.63) is 53.9 Å². The summed E-state index contributed by atoms with van der Waals surface area (Å²) in [5, 5.41) is 7.42. The first-order chi connectivity index (χ1) is 17.1. The third-order valence-electron chi connectivity index (χ3n) is 6.87. The largest absolute Gasteiger partial charge is 0.573 e. The van der Waals surface area contributed by atoms with Gasteiger partial charge in [0.05, 0.1) is 16.7 Å². The van der Waals surface area contributed by atoms with Crippen molar-refractivity contribution in [1.82, 2.24) is 14.7 Å². The van der Waals surface area contributed by atoms with Gasteiger partial charge in [0, 0.05) is 17.3 Å². The van der Waals surface area contributed by atoms with Gasteiger partial charge in [-0.2, -0.15) is 0 Å². The maximum absolute atomic E-state index is 12.6. The maximum Gasteiger partial charge on any atom is 0.573 e. The van der Waals surface area contributed by atoms with Crippen LogP contribution in [0.25, 0.3) is 22.2 Å². The van der Waals surface area contributed by atoms with Crippen LogP contribution in [-0.4, -0.2) is 21.1 Å². The normalized spacial score (nSPS) is 20.6. The van der Waals surface area contributed by atoms with E-state index in [2.05, 4.69) is 45.8 Å². The summed E-state index contributed by atoms with van der Waals surface area (Å²) >= 11 is 0. The second-order valence-corrected chi connectivity index (χ2v) is 9.98. The number of rotatable bonds is 5. The molecule has 4 aromatic rings. The standard InChI is InChI=1S/C27H29F3N4O2/c1-15-11-16(2)13-21(12-15)34-24-10-5-19(25-17(3)33-36-18(25)4)14-23(24)32-26(34)31-20-6-8-22(9-7-20)35-27(28,29)30/h5-10,14-16,21H,11-13H2,1-4H3,(H,31,32). The van der Waals surface area contributed by atoms with Gasteiger partial charge in [-0.1, -0.05) is 25.1 Å². The molecule has 190 valence electrons. The van der Waals surface area contributed by atoms with Crippen LogP contribution in [0.5, 0.6) is 5.75 Å². The molecular formula is C27H29F3N4O2. The molecule has 36 heavy (non-hydrogen) atoms. The second kappa shape index (κ2) is 9.19. The summed E-state index contributed by atoms with van der Waals surface area (Å²) in [5.74, 6) is 2.33. The molecule has 2 aromatic carbocycles. The predicted molar refractivity (Wildman–Crippen MR) is 132 cm³/mol. The Hall–Kier alpha value is -3.49. The number of anilines is 2. The Balaban J connectivity index is 1.55. The molecule has 1 aliphatic carbocycles. The SMILES string of the molecule is Cc1noc(C)c1-c1ccc2c(c1)nc(Nc1ccc(OC(F)(F)F)cc1)n2C1CC(C)CC(C)C1. The third kappa shape index (κ3) is 4.92. The molecule has 0 amide bonds. The van der Waals surface area contributed by atoms with Gasteiger partial charge >= 0.3 is 6.36 Å². The molecule has 1 saturated carbocycles. The highest BCUT2D eigenvalue weighted by Crippen LogP contribution is 2.41. The van der Waals surface area contributed by atoms with Gasteiger partial charge in [-0.15, -0.1) is 13.2 Å². The fourth-order valence-electron chi connectivity index (χ4n) is 5.59. The van der Waals surface area contributed by atoms with Crippen molar-refractivity contribution in [1.29, 1.82) is 0 Å². The van der Waals surface area contributed by atoms with Gasteiger partial charge < -0.3 is 19.1 Å². The first-order valence-electron chi connectivity index (χ1n) is 12.2. The van der Waals surface area contributed by atoms with Crippen molar-refractivity contribution in [2.24, 2.45) is 11.8 Å². The summed E-state index contributed by atoms with van der Waals surface area (Å²) < 4.78 is 49.3. The van der Waals surface area contributed by atoms with Gasteiger partial charge in [-0.25, -0.2) is 4.98 Å². The number of imidazole rings is 1. The molecule has 2 atom stereocenters. The van der Waals surface area contributed by atoms with Crippen molar-refractivity contribution >= 4 is 22.7 Å². The van der Waals surface area contributed by atoms with Crippen LogP contribution in [0.15, 0.2) is 47.0 Å². The average Bonchev–Trinajstić information content (AvgIpc) is 3.31. The zero-order chi connectivity index (χ0) is 25.6. The minimum atomic E-state index is -4.73. The molecule has 6 nitrogen and oxygen atoms in total. The van der Waals surface area contributed by atoms with Gasteiger partial charge in [-0.05, 0) is 86.9 Å². The number of alkyl halides is 3. The van der Waals surface area contributed by atoms with Crippen molar-refractivity contribution in [3.8, 4) is 16.9 Å². The van der Waals surface area contributed by atoms with Crippen molar-refractivity contribution in [3.63, 3.8) is 0 Å². The van der Waals surface area contributed by atoms with E-state index in [-0.39, 0.29) is 11.8 Å². The van der Waals surface area contributed by atoms with Gasteiger partial charge in [0.15, 0.2) is 0 Å². The zero-order valence-corrected chi connectivity index (χ0v) is 20.7. The molecule has 9 heteroatoms. The van der Waals surface area contributed by atoms with E-state index in [4.69, 9.17) is 9.51 Å². The van der Waals surface area contributed by atoms with E-state index in [1.165, 1.54) is 18.6 Å². The third-order valence-corrected chi connectivity index (χ3v) is 6.87. The smallest absolute Gasteiger partial charge is 0.406 e. The van der Waals surface area contributed by atoms with Crippen LogP contribution in [0.3, 0.4) is 0 Å². The number of aryl methyl sites for hydroxylation is 2. The second-order valence-electron chi connectivity index (χ2n) is 9.98. The highest BCUT2D eigenvalue weighted by atomic mass is 19.4. The Kier molecular flexibility index (Phi) is 6.18. The van der Waals surface area contributed by atoms with E-state index in [0.717, 1.165) is 46.5 Å². The van der Waals surface area contributed by atoms with E-state index in [9.17, 15) is 13.2 Å². The number of fused-ring (bicyclic) bond motifs is 1. The summed E-state index contributed by atoms with van der Waals surface area (Å²) in [6.07, 6.45) is -1.46. The van der Waals surface area contributed by atoms with Crippen LogP contribution < -0.4 is 10.1 Å². The molecule has 0 radical (unpaired) electrons. The number of hydrogen-bond acceptors (Lipinski definition) is 5. The summed E-state index contributed by atoms with van der Waals surface area (Å²) in [5.41, 5.74) is 5.23. The Morgan fingerprint density at radius 3 is 2.31 bits per heavy atom. The monoisotopic (exact) mass is 498 g/mol. The summed E-state index contributed by atoms with van der Waals surface area (Å²) in [6.45, 7) is 8.37. The fraction of sp³-hybridized carbons (Fsp3) is 0.407. The highest BCUT2D eigenvalue weighted by molar-refractivity contribution is 5.86. The molecule has 0 saturated heterocycles. The molecule has 1 fully saturated rings. The minimum Gasteiger partial charge on any atom is -0.406 e. The molecule has 2 aromatic heterocycles. The van der Waals surface area contributed by atoms with E-state index in [1.807, 2.05) is 19.9 Å². The number of ether oxygens (including phenoxy) is 1.